The van der Waals surface area contributed by atoms with Crippen LogP contribution >= 0.6 is 11.3 Å². The fourth-order valence-electron chi connectivity index (χ4n) is 1.24. The molecule has 0 N–H and O–H groups in total. The van der Waals surface area contributed by atoms with Gasteiger partial charge in [0.25, 0.3) is 0 Å². The molecule has 14 heavy (non-hydrogen) atoms. The van der Waals surface area contributed by atoms with Crippen LogP contribution in [0.1, 0.15) is 66.8 Å². The number of hydrogen-bond donors (Lipinski definition) is 0. The second kappa shape index (κ2) is 4.22. The quantitative estimate of drug-likeness (QED) is 0.715. The summed E-state index contributed by atoms with van der Waals surface area (Å²) in [5, 5.41) is 1.07. The summed E-state index contributed by atoms with van der Waals surface area (Å²) in [6, 6.07) is 0. The van der Waals surface area contributed by atoms with Crippen molar-refractivity contribution in [2.24, 2.45) is 0 Å². The highest BCUT2D eigenvalue weighted by Gasteiger charge is 2.18. The van der Waals surface area contributed by atoms with Gasteiger partial charge >= 0.3 is 0 Å². The lowest BCUT2D eigenvalue weighted by Gasteiger charge is -2.01. The number of aromatic nitrogens is 1. The lowest BCUT2D eigenvalue weighted by atomic mass is 10.1. The van der Waals surface area contributed by atoms with Gasteiger partial charge in [0.2, 0.25) is 0 Å². The molecule has 0 saturated carbocycles. The van der Waals surface area contributed by atoms with Crippen LogP contribution in [0, 0.1) is 0 Å². The maximum Gasteiger partial charge on any atom is 0.171 e. The normalized spacial score (nSPS) is 11.4. The molecule has 1 heterocycles. The van der Waals surface area contributed by atoms with E-state index in [1.54, 1.807) is 18.3 Å². The van der Waals surface area contributed by atoms with Crippen LogP contribution in [-0.4, -0.2) is 10.8 Å². The number of thiazole rings is 1. The Morgan fingerprint density at radius 2 is 1.79 bits per heavy atom. The van der Waals surface area contributed by atoms with Crippen LogP contribution in [0.25, 0.3) is 0 Å². The first-order valence-corrected chi connectivity index (χ1v) is 5.76. The third-order valence-corrected chi connectivity index (χ3v) is 3.50. The maximum atomic E-state index is 11.4. The van der Waals surface area contributed by atoms with Crippen molar-refractivity contribution in [2.75, 3.05) is 0 Å². The standard InChI is InChI=1S/C11H17NOS/c1-6(2)9-10(8(5)13)14-11(12-9)7(3)4/h6-7H,1-5H3. The van der Waals surface area contributed by atoms with Gasteiger partial charge < -0.3 is 0 Å². The number of rotatable bonds is 3. The zero-order valence-electron chi connectivity index (χ0n) is 9.42. The summed E-state index contributed by atoms with van der Waals surface area (Å²) in [5.74, 6) is 0.876. The zero-order chi connectivity index (χ0) is 10.9. The van der Waals surface area contributed by atoms with Crippen LogP contribution in [0.5, 0.6) is 0 Å². The average Bonchev–Trinajstić information content (AvgIpc) is 2.47. The molecule has 1 aromatic heterocycles. The first-order valence-electron chi connectivity index (χ1n) is 4.95. The molecule has 0 unspecified atom stereocenters. The summed E-state index contributed by atoms with van der Waals surface area (Å²) in [7, 11) is 0. The van der Waals surface area contributed by atoms with E-state index >= 15 is 0 Å². The Bertz CT molecular complexity index is 339. The fraction of sp³-hybridized carbons (Fsp3) is 0.636. The van der Waals surface area contributed by atoms with E-state index in [2.05, 4.69) is 32.7 Å². The molecular formula is C11H17NOS. The van der Waals surface area contributed by atoms with Gasteiger partial charge in [-0.2, -0.15) is 0 Å². The van der Waals surface area contributed by atoms with Crippen molar-refractivity contribution in [3.8, 4) is 0 Å². The number of nitrogens with zero attached hydrogens (tertiary/aromatic N) is 1. The summed E-state index contributed by atoms with van der Waals surface area (Å²) in [5.41, 5.74) is 0.964. The maximum absolute atomic E-state index is 11.4. The van der Waals surface area contributed by atoms with Gasteiger partial charge in [-0.15, -0.1) is 11.3 Å². The predicted molar refractivity (Wildman–Crippen MR) is 60.3 cm³/mol. The van der Waals surface area contributed by atoms with Crippen LogP contribution in [0.4, 0.5) is 0 Å². The highest BCUT2D eigenvalue weighted by Crippen LogP contribution is 2.29. The molecule has 0 aliphatic carbocycles. The first-order chi connectivity index (χ1) is 6.43. The smallest absolute Gasteiger partial charge is 0.171 e. The van der Waals surface area contributed by atoms with Crippen molar-refractivity contribution in [3.63, 3.8) is 0 Å². The Hall–Kier alpha value is -0.700. The topological polar surface area (TPSA) is 30.0 Å². The van der Waals surface area contributed by atoms with Gasteiger partial charge in [0, 0.05) is 12.8 Å². The Morgan fingerprint density at radius 3 is 2.07 bits per heavy atom. The van der Waals surface area contributed by atoms with Crippen LogP contribution in [0.3, 0.4) is 0 Å². The minimum atomic E-state index is 0.137. The zero-order valence-corrected chi connectivity index (χ0v) is 10.2. The van der Waals surface area contributed by atoms with E-state index in [1.807, 2.05) is 0 Å². The number of carbonyl (C=O) groups excluding carboxylic acids is 1. The minimum Gasteiger partial charge on any atom is -0.294 e. The summed E-state index contributed by atoms with van der Waals surface area (Å²) in [6.07, 6.45) is 0. The molecule has 1 rings (SSSR count). The van der Waals surface area contributed by atoms with E-state index in [1.165, 1.54) is 0 Å². The second-order valence-corrected chi connectivity index (χ2v) is 5.16. The minimum absolute atomic E-state index is 0.137. The largest absolute Gasteiger partial charge is 0.294 e. The van der Waals surface area contributed by atoms with E-state index < -0.39 is 0 Å². The molecule has 3 heteroatoms. The van der Waals surface area contributed by atoms with Crippen molar-refractivity contribution in [2.45, 2.75) is 46.5 Å². The van der Waals surface area contributed by atoms with E-state index in [9.17, 15) is 4.79 Å². The van der Waals surface area contributed by atoms with Gasteiger partial charge in [0.1, 0.15) is 0 Å². The molecule has 0 aromatic carbocycles. The molecule has 0 amide bonds. The molecule has 0 bridgehead atoms. The molecule has 1 aromatic rings. The predicted octanol–water partition coefficient (Wildman–Crippen LogP) is 3.59. The Kier molecular flexibility index (Phi) is 3.43. The van der Waals surface area contributed by atoms with Crippen LogP contribution in [0.15, 0.2) is 0 Å². The average molecular weight is 211 g/mol. The SMILES string of the molecule is CC(=O)c1sc(C(C)C)nc1C(C)C. The highest BCUT2D eigenvalue weighted by molar-refractivity contribution is 7.13. The Balaban J connectivity index is 3.19. The van der Waals surface area contributed by atoms with Crippen molar-refractivity contribution in [1.82, 2.24) is 4.98 Å². The molecule has 0 saturated heterocycles. The monoisotopic (exact) mass is 211 g/mol. The molecule has 0 spiro atoms. The molecule has 0 atom stereocenters. The first kappa shape index (κ1) is 11.4. The fourth-order valence-corrected chi connectivity index (χ4v) is 2.36. The lowest BCUT2D eigenvalue weighted by molar-refractivity contribution is 0.102. The lowest BCUT2D eigenvalue weighted by Crippen LogP contribution is -1.97. The van der Waals surface area contributed by atoms with Crippen LogP contribution in [0.2, 0.25) is 0 Å². The summed E-state index contributed by atoms with van der Waals surface area (Å²) in [6.45, 7) is 9.97. The number of hydrogen-bond acceptors (Lipinski definition) is 3. The van der Waals surface area contributed by atoms with Crippen molar-refractivity contribution < 1.29 is 4.79 Å². The van der Waals surface area contributed by atoms with Crippen molar-refractivity contribution in [3.05, 3.63) is 15.6 Å². The molecule has 0 aliphatic rings. The molecule has 2 nitrogen and oxygen atoms in total. The molecule has 78 valence electrons. The van der Waals surface area contributed by atoms with E-state index in [0.29, 0.717) is 11.8 Å². The van der Waals surface area contributed by atoms with E-state index in [-0.39, 0.29) is 5.78 Å². The van der Waals surface area contributed by atoms with Gasteiger partial charge in [-0.05, 0) is 5.92 Å². The summed E-state index contributed by atoms with van der Waals surface area (Å²) in [4.78, 5) is 16.7. The summed E-state index contributed by atoms with van der Waals surface area (Å²) >= 11 is 1.54. The van der Waals surface area contributed by atoms with Crippen molar-refractivity contribution in [1.29, 1.82) is 0 Å². The van der Waals surface area contributed by atoms with Gasteiger partial charge in [0.15, 0.2) is 5.78 Å². The van der Waals surface area contributed by atoms with Crippen LogP contribution < -0.4 is 0 Å². The van der Waals surface area contributed by atoms with E-state index in [0.717, 1.165) is 15.6 Å². The van der Waals surface area contributed by atoms with Gasteiger partial charge in [-0.1, -0.05) is 27.7 Å². The number of ketones is 1. The Morgan fingerprint density at radius 1 is 1.21 bits per heavy atom. The number of carbonyl (C=O) groups is 1. The third-order valence-electron chi connectivity index (χ3n) is 2.03. The number of Topliss-reactive ketones (excluding diaryl/α,β-unsaturated/α-hetero) is 1. The van der Waals surface area contributed by atoms with Gasteiger partial charge in [-0.3, -0.25) is 4.79 Å². The Labute approximate surface area is 89.4 Å². The van der Waals surface area contributed by atoms with Crippen LogP contribution in [-0.2, 0) is 0 Å². The van der Waals surface area contributed by atoms with E-state index in [4.69, 9.17) is 0 Å². The molecule has 0 fully saturated rings. The molecular weight excluding hydrogens is 194 g/mol. The van der Waals surface area contributed by atoms with Gasteiger partial charge in [-0.25, -0.2) is 4.98 Å². The van der Waals surface area contributed by atoms with Crippen molar-refractivity contribution >= 4 is 17.1 Å². The molecule has 0 aliphatic heterocycles. The van der Waals surface area contributed by atoms with Gasteiger partial charge in [0.05, 0.1) is 15.6 Å². The highest BCUT2D eigenvalue weighted by atomic mass is 32.1. The third kappa shape index (κ3) is 2.21. The molecule has 0 radical (unpaired) electrons. The second-order valence-electron chi connectivity index (χ2n) is 4.13. The summed E-state index contributed by atoms with van der Waals surface area (Å²) < 4.78 is 0.